The lowest BCUT2D eigenvalue weighted by Gasteiger charge is -2.31. The molecular weight excluding hydrogens is 734 g/mol. The molecule has 0 saturated carbocycles. The average molecular weight is 802 g/mol. The van der Waals surface area contributed by atoms with Crippen molar-refractivity contribution < 1.29 is 61.9 Å². The van der Waals surface area contributed by atoms with E-state index in [0.717, 1.165) is 17.1 Å². The molecule has 0 aromatic carbocycles. The predicted molar refractivity (Wildman–Crippen MR) is 206 cm³/mol. The summed E-state index contributed by atoms with van der Waals surface area (Å²) >= 11 is 0. The average Bonchev–Trinajstić information content (AvgIpc) is 3.45. The van der Waals surface area contributed by atoms with E-state index in [1.54, 1.807) is 14.2 Å². The molecule has 0 radical (unpaired) electrons. The number of carbonyl (C=O) groups is 6. The van der Waals surface area contributed by atoms with E-state index in [2.05, 4.69) is 21.3 Å². The highest BCUT2D eigenvalue weighted by Gasteiger charge is 2.27. The third-order valence-electron chi connectivity index (χ3n) is 8.65. The monoisotopic (exact) mass is 801 g/mol. The van der Waals surface area contributed by atoms with E-state index in [4.69, 9.17) is 33.2 Å². The van der Waals surface area contributed by atoms with Crippen molar-refractivity contribution in [3.8, 4) is 0 Å². The quantitative estimate of drug-likeness (QED) is 0.0632. The molecular formula is C38H67N5O13. The van der Waals surface area contributed by atoms with Crippen LogP contribution in [0.3, 0.4) is 0 Å². The molecule has 0 unspecified atom stereocenters. The summed E-state index contributed by atoms with van der Waals surface area (Å²) in [6.07, 6.45) is 1.49. The topological polar surface area (TPSA) is 218 Å². The lowest BCUT2D eigenvalue weighted by molar-refractivity contribution is -0.137. The second-order valence-corrected chi connectivity index (χ2v) is 15.8. The van der Waals surface area contributed by atoms with Crippen LogP contribution in [0.1, 0.15) is 87.5 Å². The second kappa shape index (κ2) is 24.7. The van der Waals surface area contributed by atoms with Gasteiger partial charge in [0.25, 0.3) is 11.8 Å². The van der Waals surface area contributed by atoms with Crippen LogP contribution in [0.15, 0.2) is 12.2 Å². The first kappa shape index (κ1) is 50.2. The van der Waals surface area contributed by atoms with Gasteiger partial charge in [0.1, 0.15) is 19.3 Å². The fraction of sp³-hybridized carbons (Fsp3) is 0.789. The Labute approximate surface area is 331 Å². The zero-order valence-corrected chi connectivity index (χ0v) is 35.1. The van der Waals surface area contributed by atoms with E-state index in [9.17, 15) is 28.8 Å². The summed E-state index contributed by atoms with van der Waals surface area (Å²) < 4.78 is 39.3. The van der Waals surface area contributed by atoms with Gasteiger partial charge in [0.05, 0.1) is 35.6 Å². The first-order chi connectivity index (χ1) is 26.1. The molecule has 0 spiro atoms. The minimum absolute atomic E-state index is 0.0281. The molecule has 0 bridgehead atoms. The number of ether oxygens (including phenoxy) is 7. The number of alkyl carbamates (subject to hydrolysis) is 2. The number of carbonyl (C=O) groups excluding carboxylic acids is 6. The van der Waals surface area contributed by atoms with Gasteiger partial charge >= 0.3 is 12.2 Å². The Balaban J connectivity index is 2.52. The molecule has 322 valence electrons. The predicted octanol–water partition coefficient (Wildman–Crippen LogP) is 2.37. The minimum atomic E-state index is -0.821. The summed E-state index contributed by atoms with van der Waals surface area (Å²) in [5.41, 5.74) is -1.97. The summed E-state index contributed by atoms with van der Waals surface area (Å²) in [6.45, 7) is 16.6. The van der Waals surface area contributed by atoms with Crippen molar-refractivity contribution in [1.29, 1.82) is 0 Å². The molecule has 0 aromatic heterocycles. The van der Waals surface area contributed by atoms with Crippen LogP contribution in [0.2, 0.25) is 0 Å². The lowest BCUT2D eigenvalue weighted by Crippen LogP contribution is -2.39. The van der Waals surface area contributed by atoms with Gasteiger partial charge in [0.15, 0.2) is 0 Å². The fourth-order valence-corrected chi connectivity index (χ4v) is 4.44. The minimum Gasteiger partial charge on any atom is -0.447 e. The van der Waals surface area contributed by atoms with Gasteiger partial charge in [-0.15, -0.1) is 0 Å². The van der Waals surface area contributed by atoms with E-state index >= 15 is 0 Å². The maximum atomic E-state index is 12.5. The standard InChI is InChI=1S/C38H67N5O13/c1-35(2,55-26-37(5,6)50-9)16-18-41-33(48)53-24-28(25-54-34(49)42-19-17-36(3,4)56-27-38(7,8)51-10)52-23-11-12-29(44)39-20-21-40-30(45)15-22-43-31(46)13-14-32(43)47/h13-14,28H,11-12,15-27H2,1-10H3,(H,39,44)(H,40,45)(H,41,48)(H,42,49). The number of hydrogen-bond donors (Lipinski definition) is 4. The van der Waals surface area contributed by atoms with E-state index in [0.29, 0.717) is 32.5 Å². The number of nitrogens with zero attached hydrogens (tertiary/aromatic N) is 1. The van der Waals surface area contributed by atoms with Crippen LogP contribution < -0.4 is 21.3 Å². The van der Waals surface area contributed by atoms with Crippen LogP contribution in [0.25, 0.3) is 0 Å². The molecule has 0 aliphatic carbocycles. The van der Waals surface area contributed by atoms with Crippen LogP contribution >= 0.6 is 0 Å². The number of amides is 6. The Bertz CT molecular complexity index is 1230. The normalized spacial score (nSPS) is 13.6. The van der Waals surface area contributed by atoms with Gasteiger partial charge < -0.3 is 54.4 Å². The Morgan fingerprint density at radius 2 is 1.05 bits per heavy atom. The molecule has 0 aromatic rings. The smallest absolute Gasteiger partial charge is 0.407 e. The van der Waals surface area contributed by atoms with Crippen LogP contribution in [0.4, 0.5) is 9.59 Å². The Morgan fingerprint density at radius 3 is 1.48 bits per heavy atom. The van der Waals surface area contributed by atoms with Crippen molar-refractivity contribution in [3.63, 3.8) is 0 Å². The number of hydrogen-bond acceptors (Lipinski definition) is 13. The van der Waals surface area contributed by atoms with Crippen molar-refractivity contribution in [2.24, 2.45) is 0 Å². The Hall–Kier alpha value is -3.84. The maximum Gasteiger partial charge on any atom is 0.407 e. The van der Waals surface area contributed by atoms with Crippen LogP contribution in [-0.2, 0) is 52.3 Å². The molecule has 1 aliphatic rings. The summed E-state index contributed by atoms with van der Waals surface area (Å²) in [5, 5.41) is 10.7. The fourth-order valence-electron chi connectivity index (χ4n) is 4.44. The van der Waals surface area contributed by atoms with Gasteiger partial charge in [-0.2, -0.15) is 0 Å². The molecule has 1 rings (SSSR count). The van der Waals surface area contributed by atoms with Gasteiger partial charge in [-0.05, 0) is 74.7 Å². The zero-order chi connectivity index (χ0) is 42.4. The summed E-state index contributed by atoms with van der Waals surface area (Å²) in [6, 6.07) is 0. The maximum absolute atomic E-state index is 12.5. The molecule has 6 amide bonds. The van der Waals surface area contributed by atoms with Crippen LogP contribution in [0, 0.1) is 0 Å². The van der Waals surface area contributed by atoms with Crippen molar-refractivity contribution in [3.05, 3.63) is 12.2 Å². The lowest BCUT2D eigenvalue weighted by atomic mass is 10.0. The molecule has 4 N–H and O–H groups in total. The molecule has 0 saturated heterocycles. The number of methoxy groups -OCH3 is 2. The second-order valence-electron chi connectivity index (χ2n) is 15.8. The molecule has 18 nitrogen and oxygen atoms in total. The number of imide groups is 1. The van der Waals surface area contributed by atoms with E-state index < -0.39 is 52.5 Å². The van der Waals surface area contributed by atoms with Crippen molar-refractivity contribution >= 4 is 35.8 Å². The number of rotatable bonds is 29. The number of nitrogens with one attached hydrogen (secondary N) is 4. The molecule has 0 atom stereocenters. The molecule has 1 heterocycles. The highest BCUT2D eigenvalue weighted by Crippen LogP contribution is 2.19. The van der Waals surface area contributed by atoms with E-state index in [1.165, 1.54) is 0 Å². The highest BCUT2D eigenvalue weighted by atomic mass is 16.6. The molecule has 56 heavy (non-hydrogen) atoms. The van der Waals surface area contributed by atoms with Gasteiger partial charge in [0.2, 0.25) is 11.8 Å². The van der Waals surface area contributed by atoms with Gasteiger partial charge in [-0.25, -0.2) is 9.59 Å². The van der Waals surface area contributed by atoms with Crippen molar-refractivity contribution in [1.82, 2.24) is 26.2 Å². The van der Waals surface area contributed by atoms with E-state index in [1.807, 2.05) is 55.4 Å². The molecule has 1 aliphatic heterocycles. The molecule has 18 heteroatoms. The van der Waals surface area contributed by atoms with E-state index in [-0.39, 0.29) is 77.2 Å². The van der Waals surface area contributed by atoms with Gasteiger partial charge in [-0.3, -0.25) is 24.1 Å². The summed E-state index contributed by atoms with van der Waals surface area (Å²) in [4.78, 5) is 73.5. The van der Waals surface area contributed by atoms with Crippen LogP contribution in [-0.4, -0.2) is 149 Å². The SMILES string of the molecule is COC(C)(C)COC(C)(C)CCNC(=O)OCC(COC(=O)NCCC(C)(C)OCC(C)(C)OC)OCCCC(=O)NCCNC(=O)CCN1C(=O)C=CC1=O. The first-order valence-electron chi connectivity index (χ1n) is 19.0. The van der Waals surface area contributed by atoms with Crippen LogP contribution in [0.5, 0.6) is 0 Å². The van der Waals surface area contributed by atoms with Crippen molar-refractivity contribution in [2.45, 2.75) is 116 Å². The summed E-state index contributed by atoms with van der Waals surface area (Å²) in [5.74, 6) is -1.55. The summed E-state index contributed by atoms with van der Waals surface area (Å²) in [7, 11) is 3.23. The largest absolute Gasteiger partial charge is 0.447 e. The van der Waals surface area contributed by atoms with Gasteiger partial charge in [0, 0.05) is 78.5 Å². The van der Waals surface area contributed by atoms with Gasteiger partial charge in [-0.1, -0.05) is 0 Å². The third-order valence-corrected chi connectivity index (χ3v) is 8.65. The Morgan fingerprint density at radius 1 is 0.625 bits per heavy atom. The third kappa shape index (κ3) is 23.3. The zero-order valence-electron chi connectivity index (χ0n) is 35.1. The van der Waals surface area contributed by atoms with Crippen molar-refractivity contribution in [2.75, 3.05) is 80.0 Å². The highest BCUT2D eigenvalue weighted by molar-refractivity contribution is 6.13. The Kier molecular flexibility index (Phi) is 22.2. The molecule has 0 fully saturated rings. The first-order valence-corrected chi connectivity index (χ1v) is 19.0.